The van der Waals surface area contributed by atoms with E-state index in [0.29, 0.717) is 22.7 Å². The predicted molar refractivity (Wildman–Crippen MR) is 147 cm³/mol. The summed E-state index contributed by atoms with van der Waals surface area (Å²) in [5.74, 6) is -0.0523. The zero-order valence-electron chi connectivity index (χ0n) is 22.4. The van der Waals surface area contributed by atoms with Gasteiger partial charge in [0.15, 0.2) is 6.29 Å². The van der Waals surface area contributed by atoms with Crippen LogP contribution in [0, 0.1) is 6.92 Å². The third-order valence-electron chi connectivity index (χ3n) is 4.66. The van der Waals surface area contributed by atoms with Crippen molar-refractivity contribution in [2.45, 2.75) is 39.3 Å². The average Bonchev–Trinajstić information content (AvgIpc) is 2.90. The number of carbonyl (C=O) groups is 3. The lowest BCUT2D eigenvalue weighted by atomic mass is 10.2. The van der Waals surface area contributed by atoms with Crippen molar-refractivity contribution in [1.29, 1.82) is 0 Å². The molecule has 1 aromatic carbocycles. The van der Waals surface area contributed by atoms with Gasteiger partial charge in [-0.1, -0.05) is 44.0 Å². The summed E-state index contributed by atoms with van der Waals surface area (Å²) < 4.78 is 26.2. The Bertz CT molecular complexity index is 1070. The van der Waals surface area contributed by atoms with Crippen LogP contribution in [0.25, 0.3) is 0 Å². The predicted octanol–water partition coefficient (Wildman–Crippen LogP) is 4.76. The number of nitrogens with one attached hydrogen (secondary N) is 2. The number of hydrogen-bond acceptors (Lipinski definition) is 9. The molecule has 0 spiro atoms. The molecule has 3 unspecified atom stereocenters. The Morgan fingerprint density at radius 3 is 2.33 bits per heavy atom. The van der Waals surface area contributed by atoms with Gasteiger partial charge in [-0.25, -0.2) is 14.4 Å². The first-order valence-corrected chi connectivity index (χ1v) is 11.9. The number of aryl methyl sites for hydroxylation is 1. The Hall–Kier alpha value is -4.35. The van der Waals surface area contributed by atoms with Crippen LogP contribution in [-0.2, 0) is 28.5 Å². The highest BCUT2D eigenvalue weighted by Gasteiger charge is 2.18. The van der Waals surface area contributed by atoms with Gasteiger partial charge in [0.1, 0.15) is 32.0 Å². The first kappa shape index (κ1) is 32.7. The van der Waals surface area contributed by atoms with E-state index in [1.54, 1.807) is 57.2 Å². The minimum absolute atomic E-state index is 0.00556. The normalized spacial score (nSPS) is 13.4. The van der Waals surface area contributed by atoms with Gasteiger partial charge in [0, 0.05) is 17.5 Å². The number of esters is 1. The van der Waals surface area contributed by atoms with Crippen molar-refractivity contribution in [2.24, 2.45) is 0 Å². The maximum atomic E-state index is 12.5. The maximum absolute atomic E-state index is 12.5. The first-order valence-electron chi connectivity index (χ1n) is 11.9. The lowest BCUT2D eigenvalue weighted by Crippen LogP contribution is -2.31. The van der Waals surface area contributed by atoms with Gasteiger partial charge >= 0.3 is 18.2 Å². The van der Waals surface area contributed by atoms with Crippen LogP contribution in [-0.4, -0.2) is 61.6 Å². The SMILES string of the molecule is C=CC=CC=C(C)OCC(COC(=O)Nc1cc(NC(=O)OCC(C)OC(=O)C=C)ccc1C)OC(O)C=C. The molecule has 0 aromatic heterocycles. The standard InChI is InChI=1S/C28H36N2O9/c1-7-10-11-12-20(5)35-17-23(39-26(32)9-3)18-37-28(34)30-24-15-22(14-13-19(24)4)29-27(33)36-16-21(6)38-25(31)8-2/h7-15,21,23,26,32H,1-3,16-18H2,4-6H3,(H,29,33)(H,30,34). The second-order valence-corrected chi connectivity index (χ2v) is 8.02. The van der Waals surface area contributed by atoms with E-state index in [0.717, 1.165) is 6.08 Å². The lowest BCUT2D eigenvalue weighted by Gasteiger charge is -2.21. The fourth-order valence-electron chi connectivity index (χ4n) is 2.70. The number of carbonyl (C=O) groups excluding carboxylic acids is 3. The molecule has 0 bridgehead atoms. The summed E-state index contributed by atoms with van der Waals surface area (Å²) in [5, 5.41) is 14.9. The Kier molecular flexibility index (Phi) is 15.1. The van der Waals surface area contributed by atoms with Crippen LogP contribution in [0.4, 0.5) is 21.0 Å². The van der Waals surface area contributed by atoms with Gasteiger partial charge in [-0.05, 0) is 50.6 Å². The van der Waals surface area contributed by atoms with E-state index in [2.05, 4.69) is 30.4 Å². The van der Waals surface area contributed by atoms with Crippen molar-refractivity contribution in [2.75, 3.05) is 30.5 Å². The Balaban J connectivity index is 2.69. The van der Waals surface area contributed by atoms with E-state index >= 15 is 0 Å². The summed E-state index contributed by atoms with van der Waals surface area (Å²) in [5.41, 5.74) is 1.41. The number of hydrogen-bond donors (Lipinski definition) is 3. The van der Waals surface area contributed by atoms with Crippen molar-refractivity contribution in [3.05, 3.63) is 85.7 Å². The minimum Gasteiger partial charge on any atom is -0.495 e. The van der Waals surface area contributed by atoms with Crippen LogP contribution < -0.4 is 10.6 Å². The summed E-state index contributed by atoms with van der Waals surface area (Å²) in [4.78, 5) is 35.7. The average molecular weight is 545 g/mol. The van der Waals surface area contributed by atoms with Crippen LogP contribution in [0.2, 0.25) is 0 Å². The number of aliphatic hydroxyl groups is 1. The molecule has 0 saturated heterocycles. The molecule has 0 radical (unpaired) electrons. The van der Waals surface area contributed by atoms with Crippen LogP contribution in [0.15, 0.2) is 80.2 Å². The molecule has 0 aliphatic carbocycles. The van der Waals surface area contributed by atoms with Crippen molar-refractivity contribution in [3.8, 4) is 0 Å². The van der Waals surface area contributed by atoms with E-state index < -0.39 is 36.7 Å². The molecule has 0 saturated carbocycles. The Labute approximate surface area is 228 Å². The molecule has 1 rings (SSSR count). The molecule has 39 heavy (non-hydrogen) atoms. The van der Waals surface area contributed by atoms with Gasteiger partial charge in [-0.3, -0.25) is 10.6 Å². The van der Waals surface area contributed by atoms with Crippen molar-refractivity contribution < 1.29 is 43.2 Å². The molecule has 0 heterocycles. The van der Waals surface area contributed by atoms with Gasteiger partial charge in [0.2, 0.25) is 0 Å². The minimum atomic E-state index is -1.28. The van der Waals surface area contributed by atoms with Gasteiger partial charge in [-0.15, -0.1) is 0 Å². The molecular weight excluding hydrogens is 508 g/mol. The van der Waals surface area contributed by atoms with Crippen molar-refractivity contribution in [3.63, 3.8) is 0 Å². The van der Waals surface area contributed by atoms with Crippen LogP contribution in [0.5, 0.6) is 0 Å². The number of aliphatic hydroxyl groups excluding tert-OH is 1. The molecule has 3 atom stereocenters. The molecular formula is C28H36N2O9. The zero-order chi connectivity index (χ0) is 29.2. The summed E-state index contributed by atoms with van der Waals surface area (Å²) in [6.07, 6.45) is 4.69. The highest BCUT2D eigenvalue weighted by Crippen LogP contribution is 2.21. The number of allylic oxidation sites excluding steroid dienone is 5. The molecule has 2 amide bonds. The lowest BCUT2D eigenvalue weighted by molar-refractivity contribution is -0.143. The van der Waals surface area contributed by atoms with Crippen LogP contribution in [0.3, 0.4) is 0 Å². The third-order valence-corrected chi connectivity index (χ3v) is 4.66. The fourth-order valence-corrected chi connectivity index (χ4v) is 2.70. The largest absolute Gasteiger partial charge is 0.495 e. The smallest absolute Gasteiger partial charge is 0.411 e. The molecule has 0 aliphatic heterocycles. The molecule has 1 aromatic rings. The quantitative estimate of drug-likeness (QED) is 0.0511. The highest BCUT2D eigenvalue weighted by molar-refractivity contribution is 5.89. The summed E-state index contributed by atoms with van der Waals surface area (Å²) in [7, 11) is 0. The van der Waals surface area contributed by atoms with Crippen LogP contribution >= 0.6 is 0 Å². The molecule has 212 valence electrons. The number of rotatable bonds is 16. The third kappa shape index (κ3) is 14.2. The van der Waals surface area contributed by atoms with Gasteiger partial charge in [-0.2, -0.15) is 0 Å². The number of ether oxygens (including phenoxy) is 5. The van der Waals surface area contributed by atoms with E-state index in [1.807, 2.05) is 0 Å². The van der Waals surface area contributed by atoms with Gasteiger partial charge in [0.25, 0.3) is 0 Å². The Morgan fingerprint density at radius 1 is 1.00 bits per heavy atom. The zero-order valence-corrected chi connectivity index (χ0v) is 22.4. The molecule has 3 N–H and O–H groups in total. The van der Waals surface area contributed by atoms with Crippen LogP contribution in [0.1, 0.15) is 19.4 Å². The Morgan fingerprint density at radius 2 is 1.67 bits per heavy atom. The summed E-state index contributed by atoms with van der Waals surface area (Å²) in [6, 6.07) is 4.81. The van der Waals surface area contributed by atoms with E-state index in [-0.39, 0.29) is 19.8 Å². The van der Waals surface area contributed by atoms with Crippen molar-refractivity contribution in [1.82, 2.24) is 0 Å². The second-order valence-electron chi connectivity index (χ2n) is 8.02. The maximum Gasteiger partial charge on any atom is 0.411 e. The first-order chi connectivity index (χ1) is 18.6. The monoisotopic (exact) mass is 544 g/mol. The summed E-state index contributed by atoms with van der Waals surface area (Å²) >= 11 is 0. The molecule has 0 aliphatic rings. The number of benzene rings is 1. The summed E-state index contributed by atoms with van der Waals surface area (Å²) in [6.45, 7) is 15.0. The van der Waals surface area contributed by atoms with E-state index in [9.17, 15) is 19.5 Å². The van der Waals surface area contributed by atoms with E-state index in [1.165, 1.54) is 12.1 Å². The number of anilines is 2. The topological polar surface area (TPSA) is 142 Å². The second kappa shape index (κ2) is 18.0. The van der Waals surface area contributed by atoms with Crippen molar-refractivity contribution >= 4 is 29.5 Å². The molecule has 0 fully saturated rings. The fraction of sp³-hybridized carbons (Fsp3) is 0.321. The molecule has 11 nitrogen and oxygen atoms in total. The highest BCUT2D eigenvalue weighted by atomic mass is 16.6. The molecule has 11 heteroatoms. The van der Waals surface area contributed by atoms with Gasteiger partial charge < -0.3 is 28.8 Å². The van der Waals surface area contributed by atoms with Gasteiger partial charge in [0.05, 0.1) is 5.76 Å². The number of amides is 2. The van der Waals surface area contributed by atoms with E-state index in [4.69, 9.17) is 23.7 Å².